The van der Waals surface area contributed by atoms with Crippen molar-refractivity contribution in [2.45, 2.75) is 46.6 Å². The van der Waals surface area contributed by atoms with Crippen LogP contribution < -0.4 is 5.32 Å². The summed E-state index contributed by atoms with van der Waals surface area (Å²) in [7, 11) is 0. The van der Waals surface area contributed by atoms with Gasteiger partial charge in [-0.05, 0) is 43.4 Å². The second-order valence-corrected chi connectivity index (χ2v) is 4.86. The van der Waals surface area contributed by atoms with Gasteiger partial charge in [-0.25, -0.2) is 0 Å². The summed E-state index contributed by atoms with van der Waals surface area (Å²) in [5.74, 6) is 0.581. The first-order valence-corrected chi connectivity index (χ1v) is 5.95. The topological polar surface area (TPSA) is 12.0 Å². The lowest BCUT2D eigenvalue weighted by Gasteiger charge is -2.20. The van der Waals surface area contributed by atoms with Crippen LogP contribution in [0, 0.1) is 6.92 Å². The van der Waals surface area contributed by atoms with Gasteiger partial charge < -0.3 is 5.32 Å². The number of benzene rings is 1. The maximum atomic E-state index is 3.90. The standard InChI is InChI=1S/C15H23N/c1-10(2)14-8-7-9-15(12(14)5)13(6)16-11(3)4/h7-10,13,16H,3H2,1-2,4-6H3. The molecule has 0 saturated carbocycles. The maximum Gasteiger partial charge on any atom is 0.0485 e. The smallest absolute Gasteiger partial charge is 0.0485 e. The fourth-order valence-corrected chi connectivity index (χ4v) is 2.21. The summed E-state index contributed by atoms with van der Waals surface area (Å²) in [6.45, 7) is 14.8. The molecule has 88 valence electrons. The first-order valence-electron chi connectivity index (χ1n) is 5.95. The van der Waals surface area contributed by atoms with Crippen molar-refractivity contribution in [2.75, 3.05) is 0 Å². The van der Waals surface area contributed by atoms with Gasteiger partial charge in [0.25, 0.3) is 0 Å². The van der Waals surface area contributed by atoms with Crippen LogP contribution in [-0.4, -0.2) is 0 Å². The third-order valence-corrected chi connectivity index (χ3v) is 2.97. The van der Waals surface area contributed by atoms with Crippen LogP contribution in [0.5, 0.6) is 0 Å². The Labute approximate surface area is 99.6 Å². The van der Waals surface area contributed by atoms with Crippen molar-refractivity contribution in [3.05, 3.63) is 47.2 Å². The van der Waals surface area contributed by atoms with Gasteiger partial charge in [-0.1, -0.05) is 38.6 Å². The lowest BCUT2D eigenvalue weighted by molar-refractivity contribution is 0.649. The van der Waals surface area contributed by atoms with Gasteiger partial charge in [-0.15, -0.1) is 0 Å². The molecule has 0 bridgehead atoms. The third-order valence-electron chi connectivity index (χ3n) is 2.97. The Balaban J connectivity index is 3.05. The van der Waals surface area contributed by atoms with Gasteiger partial charge in [-0.2, -0.15) is 0 Å². The van der Waals surface area contributed by atoms with E-state index in [1.54, 1.807) is 0 Å². The van der Waals surface area contributed by atoms with E-state index < -0.39 is 0 Å². The molecule has 1 aromatic carbocycles. The Bertz CT molecular complexity index is 377. The van der Waals surface area contributed by atoms with E-state index in [-0.39, 0.29) is 0 Å². The second-order valence-electron chi connectivity index (χ2n) is 4.86. The van der Waals surface area contributed by atoms with Gasteiger partial charge in [0.2, 0.25) is 0 Å². The molecule has 1 nitrogen and oxygen atoms in total. The first-order chi connectivity index (χ1) is 7.43. The second kappa shape index (κ2) is 5.20. The predicted molar refractivity (Wildman–Crippen MR) is 71.6 cm³/mol. The highest BCUT2D eigenvalue weighted by Crippen LogP contribution is 2.26. The summed E-state index contributed by atoms with van der Waals surface area (Å²) in [6.07, 6.45) is 0. The number of rotatable bonds is 4. The summed E-state index contributed by atoms with van der Waals surface area (Å²) in [4.78, 5) is 0. The zero-order valence-electron chi connectivity index (χ0n) is 11.1. The van der Waals surface area contributed by atoms with E-state index in [0.717, 1.165) is 5.70 Å². The van der Waals surface area contributed by atoms with Crippen molar-refractivity contribution < 1.29 is 0 Å². The van der Waals surface area contributed by atoms with Crippen LogP contribution in [0.4, 0.5) is 0 Å². The van der Waals surface area contributed by atoms with Crippen LogP contribution in [0.3, 0.4) is 0 Å². The maximum absolute atomic E-state index is 3.90. The summed E-state index contributed by atoms with van der Waals surface area (Å²) in [6, 6.07) is 6.89. The van der Waals surface area contributed by atoms with E-state index in [4.69, 9.17) is 0 Å². The number of hydrogen-bond acceptors (Lipinski definition) is 1. The molecular formula is C15H23N. The molecule has 1 unspecified atom stereocenters. The molecule has 0 radical (unpaired) electrons. The van der Waals surface area contributed by atoms with Crippen molar-refractivity contribution in [3.8, 4) is 0 Å². The van der Waals surface area contributed by atoms with E-state index in [1.807, 2.05) is 6.92 Å². The first kappa shape index (κ1) is 12.8. The molecule has 0 aliphatic rings. The number of nitrogens with one attached hydrogen (secondary N) is 1. The van der Waals surface area contributed by atoms with Crippen molar-refractivity contribution in [2.24, 2.45) is 0 Å². The quantitative estimate of drug-likeness (QED) is 0.792. The Morgan fingerprint density at radius 3 is 2.25 bits per heavy atom. The Morgan fingerprint density at radius 2 is 1.75 bits per heavy atom. The highest BCUT2D eigenvalue weighted by Gasteiger charge is 2.11. The molecule has 16 heavy (non-hydrogen) atoms. The van der Waals surface area contributed by atoms with E-state index in [0.29, 0.717) is 12.0 Å². The normalized spacial score (nSPS) is 12.6. The molecule has 0 amide bonds. The Morgan fingerprint density at radius 1 is 1.19 bits per heavy atom. The molecule has 0 spiro atoms. The summed E-state index contributed by atoms with van der Waals surface area (Å²) in [5.41, 5.74) is 5.22. The highest BCUT2D eigenvalue weighted by atomic mass is 14.9. The van der Waals surface area contributed by atoms with E-state index in [2.05, 4.69) is 57.8 Å². The molecule has 1 heteroatoms. The van der Waals surface area contributed by atoms with Gasteiger partial charge in [-0.3, -0.25) is 0 Å². The van der Waals surface area contributed by atoms with Gasteiger partial charge in [0.05, 0.1) is 0 Å². The molecule has 1 aromatic rings. The molecule has 0 aliphatic carbocycles. The molecule has 0 heterocycles. The van der Waals surface area contributed by atoms with Crippen molar-refractivity contribution in [3.63, 3.8) is 0 Å². The molecule has 1 N–H and O–H groups in total. The van der Waals surface area contributed by atoms with Crippen LogP contribution >= 0.6 is 0 Å². The fraction of sp³-hybridized carbons (Fsp3) is 0.467. The van der Waals surface area contributed by atoms with Crippen LogP contribution in [-0.2, 0) is 0 Å². The van der Waals surface area contributed by atoms with Gasteiger partial charge >= 0.3 is 0 Å². The minimum Gasteiger partial charge on any atom is -0.383 e. The van der Waals surface area contributed by atoms with Crippen LogP contribution in [0.25, 0.3) is 0 Å². The van der Waals surface area contributed by atoms with Crippen molar-refractivity contribution >= 4 is 0 Å². The molecule has 0 aromatic heterocycles. The summed E-state index contributed by atoms with van der Waals surface area (Å²) < 4.78 is 0. The van der Waals surface area contributed by atoms with E-state index in [9.17, 15) is 0 Å². The fourth-order valence-electron chi connectivity index (χ4n) is 2.21. The van der Waals surface area contributed by atoms with Gasteiger partial charge in [0, 0.05) is 11.7 Å². The summed E-state index contributed by atoms with van der Waals surface area (Å²) >= 11 is 0. The van der Waals surface area contributed by atoms with E-state index in [1.165, 1.54) is 16.7 Å². The van der Waals surface area contributed by atoms with Crippen molar-refractivity contribution in [1.29, 1.82) is 0 Å². The Kier molecular flexibility index (Phi) is 4.17. The third kappa shape index (κ3) is 2.88. The minimum atomic E-state index is 0.330. The van der Waals surface area contributed by atoms with Gasteiger partial charge in [0.15, 0.2) is 0 Å². The average Bonchev–Trinajstić information content (AvgIpc) is 2.16. The zero-order chi connectivity index (χ0) is 12.3. The number of allylic oxidation sites excluding steroid dienone is 1. The van der Waals surface area contributed by atoms with Crippen LogP contribution in [0.2, 0.25) is 0 Å². The van der Waals surface area contributed by atoms with Crippen molar-refractivity contribution in [1.82, 2.24) is 5.32 Å². The minimum absolute atomic E-state index is 0.330. The zero-order valence-corrected chi connectivity index (χ0v) is 11.1. The van der Waals surface area contributed by atoms with E-state index >= 15 is 0 Å². The molecule has 1 rings (SSSR count). The highest BCUT2D eigenvalue weighted by molar-refractivity contribution is 5.37. The monoisotopic (exact) mass is 217 g/mol. The molecule has 0 saturated heterocycles. The SMILES string of the molecule is C=C(C)NC(C)c1cccc(C(C)C)c1C. The largest absolute Gasteiger partial charge is 0.383 e. The molecule has 0 fully saturated rings. The average molecular weight is 217 g/mol. The summed E-state index contributed by atoms with van der Waals surface area (Å²) in [5, 5.41) is 3.37. The molecule has 1 atom stereocenters. The van der Waals surface area contributed by atoms with Crippen LogP contribution in [0.1, 0.15) is 56.3 Å². The molecule has 0 aliphatic heterocycles. The van der Waals surface area contributed by atoms with Crippen LogP contribution in [0.15, 0.2) is 30.5 Å². The molecular weight excluding hydrogens is 194 g/mol. The lowest BCUT2D eigenvalue weighted by atomic mass is 9.92. The Hall–Kier alpha value is -1.24. The predicted octanol–water partition coefficient (Wildman–Crippen LogP) is 4.30. The van der Waals surface area contributed by atoms with Gasteiger partial charge in [0.1, 0.15) is 0 Å². The lowest BCUT2D eigenvalue weighted by Crippen LogP contribution is -2.17. The number of hydrogen-bond donors (Lipinski definition) is 1.